The van der Waals surface area contributed by atoms with Crippen LogP contribution in [0.2, 0.25) is 0 Å². The summed E-state index contributed by atoms with van der Waals surface area (Å²) in [6.07, 6.45) is 0.266. The van der Waals surface area contributed by atoms with Crippen LogP contribution in [0.25, 0.3) is 0 Å². The molecule has 3 aromatic carbocycles. The third kappa shape index (κ3) is 5.26. The van der Waals surface area contributed by atoms with E-state index in [1.54, 1.807) is 31.2 Å². The first-order chi connectivity index (χ1) is 13.9. The summed E-state index contributed by atoms with van der Waals surface area (Å²) in [6.45, 7) is 1.69. The number of hydrogen-bond acceptors (Lipinski definition) is 4. The average molecular weight is 389 g/mol. The number of amides is 2. The molecule has 7 heteroatoms. The quantitative estimate of drug-likeness (QED) is 0.484. The van der Waals surface area contributed by atoms with E-state index in [1.807, 2.05) is 30.3 Å². The van der Waals surface area contributed by atoms with E-state index < -0.39 is 4.92 Å². The molecule has 0 bridgehead atoms. The maximum Gasteiger partial charge on any atom is 0.269 e. The summed E-state index contributed by atoms with van der Waals surface area (Å²) in [5, 5.41) is 16.3. The zero-order valence-corrected chi connectivity index (χ0v) is 15.7. The highest BCUT2D eigenvalue weighted by Crippen LogP contribution is 2.22. The van der Waals surface area contributed by atoms with Gasteiger partial charge in [-0.3, -0.25) is 19.7 Å². The number of rotatable bonds is 6. The van der Waals surface area contributed by atoms with E-state index in [4.69, 9.17) is 0 Å². The average Bonchev–Trinajstić information content (AvgIpc) is 2.70. The lowest BCUT2D eigenvalue weighted by Gasteiger charge is -2.09. The second-order valence-corrected chi connectivity index (χ2v) is 6.50. The molecule has 29 heavy (non-hydrogen) atoms. The summed E-state index contributed by atoms with van der Waals surface area (Å²) in [5.74, 6) is -0.487. The largest absolute Gasteiger partial charge is 0.326 e. The summed E-state index contributed by atoms with van der Waals surface area (Å²) in [6, 6.07) is 20.2. The third-order valence-electron chi connectivity index (χ3n) is 4.31. The molecule has 0 aromatic heterocycles. The van der Waals surface area contributed by atoms with Gasteiger partial charge in [0.05, 0.1) is 11.3 Å². The monoisotopic (exact) mass is 389 g/mol. The number of hydrogen-bond donors (Lipinski definition) is 2. The molecule has 2 N–H and O–H groups in total. The van der Waals surface area contributed by atoms with Crippen molar-refractivity contribution in [1.82, 2.24) is 0 Å². The van der Waals surface area contributed by atoms with Crippen LogP contribution in [0.5, 0.6) is 0 Å². The Morgan fingerprint density at radius 3 is 2.24 bits per heavy atom. The number of nitrogens with one attached hydrogen (secondary N) is 2. The molecular formula is C22H19N3O4. The molecule has 0 heterocycles. The van der Waals surface area contributed by atoms with Crippen LogP contribution in [0.15, 0.2) is 72.8 Å². The molecule has 0 aliphatic rings. The van der Waals surface area contributed by atoms with E-state index in [1.165, 1.54) is 18.2 Å². The first-order valence-corrected chi connectivity index (χ1v) is 8.92. The molecule has 0 atom stereocenters. The minimum atomic E-state index is -0.483. The Labute approximate surface area is 167 Å². The number of carbonyl (C=O) groups excluding carboxylic acids is 2. The normalized spacial score (nSPS) is 10.2. The van der Waals surface area contributed by atoms with Gasteiger partial charge in [0, 0.05) is 29.1 Å². The van der Waals surface area contributed by atoms with Crippen molar-refractivity contribution in [1.29, 1.82) is 0 Å². The number of anilines is 2. The number of carbonyl (C=O) groups is 2. The molecule has 0 saturated carbocycles. The topological polar surface area (TPSA) is 101 Å². The number of benzene rings is 3. The van der Waals surface area contributed by atoms with E-state index in [-0.39, 0.29) is 23.9 Å². The maximum absolute atomic E-state index is 12.4. The Morgan fingerprint density at radius 1 is 0.931 bits per heavy atom. The van der Waals surface area contributed by atoms with Crippen molar-refractivity contribution in [2.24, 2.45) is 0 Å². The van der Waals surface area contributed by atoms with Crippen molar-refractivity contribution >= 4 is 28.9 Å². The van der Waals surface area contributed by atoms with Gasteiger partial charge in [-0.15, -0.1) is 0 Å². The molecule has 0 fully saturated rings. The van der Waals surface area contributed by atoms with Crippen LogP contribution in [-0.4, -0.2) is 16.7 Å². The number of nitro benzene ring substituents is 1. The highest BCUT2D eigenvalue weighted by Gasteiger charge is 2.12. The molecule has 3 rings (SSSR count). The lowest BCUT2D eigenvalue weighted by molar-refractivity contribution is -0.384. The second kappa shape index (κ2) is 8.79. The minimum Gasteiger partial charge on any atom is -0.326 e. The van der Waals surface area contributed by atoms with Crippen molar-refractivity contribution in [3.63, 3.8) is 0 Å². The van der Waals surface area contributed by atoms with Gasteiger partial charge < -0.3 is 10.6 Å². The van der Waals surface area contributed by atoms with Crippen LogP contribution in [0.3, 0.4) is 0 Å². The van der Waals surface area contributed by atoms with Crippen molar-refractivity contribution in [2.45, 2.75) is 13.3 Å². The minimum absolute atomic E-state index is 0.0314. The Bertz CT molecular complexity index is 1050. The molecule has 0 aliphatic carbocycles. The number of nitro groups is 1. The third-order valence-corrected chi connectivity index (χ3v) is 4.31. The first-order valence-electron chi connectivity index (χ1n) is 8.92. The fourth-order valence-electron chi connectivity index (χ4n) is 2.79. The fourth-order valence-corrected chi connectivity index (χ4v) is 2.79. The van der Waals surface area contributed by atoms with Crippen LogP contribution in [0.4, 0.5) is 17.1 Å². The molecule has 2 amide bonds. The Morgan fingerprint density at radius 2 is 1.62 bits per heavy atom. The van der Waals surface area contributed by atoms with Crippen LogP contribution in [-0.2, 0) is 11.2 Å². The van der Waals surface area contributed by atoms with Crippen molar-refractivity contribution in [3.8, 4) is 0 Å². The second-order valence-electron chi connectivity index (χ2n) is 6.50. The van der Waals surface area contributed by atoms with Gasteiger partial charge >= 0.3 is 0 Å². The summed E-state index contributed by atoms with van der Waals surface area (Å²) in [5.41, 5.74) is 2.98. The van der Waals surface area contributed by atoms with Crippen molar-refractivity contribution in [3.05, 3.63) is 99.6 Å². The predicted octanol–water partition coefficient (Wildman–Crippen LogP) is 4.34. The molecular weight excluding hydrogens is 370 g/mol. The van der Waals surface area contributed by atoms with Gasteiger partial charge in [0.2, 0.25) is 5.91 Å². The smallest absolute Gasteiger partial charge is 0.269 e. The number of nitrogens with zero attached hydrogens (tertiary/aromatic N) is 1. The molecule has 0 aliphatic heterocycles. The lowest BCUT2D eigenvalue weighted by atomic mass is 10.1. The zero-order valence-electron chi connectivity index (χ0n) is 15.7. The van der Waals surface area contributed by atoms with Gasteiger partial charge in [-0.05, 0) is 48.4 Å². The number of aryl methyl sites for hydroxylation is 1. The first kappa shape index (κ1) is 19.8. The van der Waals surface area contributed by atoms with Crippen LogP contribution >= 0.6 is 0 Å². The highest BCUT2D eigenvalue weighted by molar-refractivity contribution is 6.05. The van der Waals surface area contributed by atoms with E-state index in [0.717, 1.165) is 5.56 Å². The van der Waals surface area contributed by atoms with Gasteiger partial charge in [0.1, 0.15) is 0 Å². The Balaban J connectivity index is 1.61. The predicted molar refractivity (Wildman–Crippen MR) is 111 cm³/mol. The lowest BCUT2D eigenvalue weighted by Crippen LogP contribution is -2.15. The van der Waals surface area contributed by atoms with Gasteiger partial charge in [-0.25, -0.2) is 0 Å². The fraction of sp³-hybridized carbons (Fsp3) is 0.0909. The van der Waals surface area contributed by atoms with Crippen LogP contribution < -0.4 is 10.6 Å². The molecule has 146 valence electrons. The Kier molecular flexibility index (Phi) is 5.99. The molecule has 3 aromatic rings. The highest BCUT2D eigenvalue weighted by atomic mass is 16.6. The molecule has 7 nitrogen and oxygen atoms in total. The van der Waals surface area contributed by atoms with Crippen LogP contribution in [0, 0.1) is 17.0 Å². The SMILES string of the molecule is Cc1cc([N+](=O)[O-])ccc1NC(=O)c1ccc(NC(=O)Cc2ccccc2)cc1. The van der Waals surface area contributed by atoms with E-state index in [9.17, 15) is 19.7 Å². The molecule has 0 radical (unpaired) electrons. The van der Waals surface area contributed by atoms with E-state index >= 15 is 0 Å². The van der Waals surface area contributed by atoms with Gasteiger partial charge in [-0.2, -0.15) is 0 Å². The molecule has 0 spiro atoms. The van der Waals surface area contributed by atoms with Crippen molar-refractivity contribution < 1.29 is 14.5 Å². The number of non-ortho nitro benzene ring substituents is 1. The summed E-state index contributed by atoms with van der Waals surface area (Å²) >= 11 is 0. The Hall–Kier alpha value is -4.00. The summed E-state index contributed by atoms with van der Waals surface area (Å²) in [7, 11) is 0. The van der Waals surface area contributed by atoms with Gasteiger partial charge in [0.25, 0.3) is 11.6 Å². The van der Waals surface area contributed by atoms with Gasteiger partial charge in [0.15, 0.2) is 0 Å². The standard InChI is InChI=1S/C22H19N3O4/c1-15-13-19(25(28)29)11-12-20(15)24-22(27)17-7-9-18(10-8-17)23-21(26)14-16-5-3-2-4-6-16/h2-13H,14H2,1H3,(H,23,26)(H,24,27). The van der Waals surface area contributed by atoms with Gasteiger partial charge in [-0.1, -0.05) is 30.3 Å². The van der Waals surface area contributed by atoms with E-state index in [0.29, 0.717) is 22.5 Å². The molecule has 0 unspecified atom stereocenters. The van der Waals surface area contributed by atoms with Crippen molar-refractivity contribution in [2.75, 3.05) is 10.6 Å². The molecule has 0 saturated heterocycles. The van der Waals surface area contributed by atoms with Crippen LogP contribution in [0.1, 0.15) is 21.5 Å². The maximum atomic E-state index is 12.4. The van der Waals surface area contributed by atoms with E-state index in [2.05, 4.69) is 10.6 Å². The summed E-state index contributed by atoms with van der Waals surface area (Å²) in [4.78, 5) is 34.9. The summed E-state index contributed by atoms with van der Waals surface area (Å²) < 4.78 is 0. The zero-order chi connectivity index (χ0) is 20.8.